The van der Waals surface area contributed by atoms with E-state index in [1.807, 2.05) is 0 Å². The molecule has 2 atom stereocenters. The Hall–Kier alpha value is -0.120. The predicted octanol–water partition coefficient (Wildman–Crippen LogP) is 2.94. The lowest BCUT2D eigenvalue weighted by molar-refractivity contribution is -0.0846. The topological polar surface area (TPSA) is 24.5 Å². The van der Waals surface area contributed by atoms with Crippen molar-refractivity contribution in [3.05, 3.63) is 0 Å². The zero-order valence-corrected chi connectivity index (χ0v) is 13.7. The summed E-state index contributed by atoms with van der Waals surface area (Å²) < 4.78 is 6.62. The van der Waals surface area contributed by atoms with E-state index < -0.39 is 0 Å². The smallest absolute Gasteiger partial charge is 0.0710 e. The van der Waals surface area contributed by atoms with Crippen LogP contribution in [-0.2, 0) is 4.74 Å². The van der Waals surface area contributed by atoms with E-state index in [1.54, 1.807) is 0 Å². The maximum Gasteiger partial charge on any atom is 0.0710 e. The highest BCUT2D eigenvalue weighted by atomic mass is 16.5. The van der Waals surface area contributed by atoms with Gasteiger partial charge in [-0.05, 0) is 51.4 Å². The summed E-state index contributed by atoms with van der Waals surface area (Å²) in [5, 5.41) is 3.63. The lowest BCUT2D eigenvalue weighted by Crippen LogP contribution is -2.62. The second kappa shape index (κ2) is 5.50. The Morgan fingerprint density at radius 2 is 1.90 bits per heavy atom. The molecule has 0 radical (unpaired) electrons. The van der Waals surface area contributed by atoms with Crippen LogP contribution in [0.25, 0.3) is 0 Å². The summed E-state index contributed by atoms with van der Waals surface area (Å²) in [7, 11) is 0. The molecule has 2 saturated heterocycles. The third-order valence-corrected chi connectivity index (χ3v) is 6.75. The van der Waals surface area contributed by atoms with Crippen LogP contribution in [0.5, 0.6) is 0 Å². The zero-order valence-electron chi connectivity index (χ0n) is 13.7. The van der Waals surface area contributed by atoms with E-state index in [-0.39, 0.29) is 5.60 Å². The van der Waals surface area contributed by atoms with Crippen molar-refractivity contribution in [2.24, 2.45) is 5.92 Å². The number of piperazine rings is 1. The highest BCUT2D eigenvalue weighted by molar-refractivity contribution is 5.04. The van der Waals surface area contributed by atoms with E-state index in [0.29, 0.717) is 11.6 Å². The molecule has 2 unspecified atom stereocenters. The van der Waals surface area contributed by atoms with Crippen molar-refractivity contribution in [3.8, 4) is 0 Å². The Morgan fingerprint density at radius 3 is 2.67 bits per heavy atom. The standard InChI is InChI=1S/C18H32N2O/c1-17(15-5-6-15)14-19-11-12-20(17)13-16-7-10-18(21-16)8-3-2-4-9-18/h15-16,19H,2-14H2,1H3. The van der Waals surface area contributed by atoms with Gasteiger partial charge < -0.3 is 10.1 Å². The molecule has 21 heavy (non-hydrogen) atoms. The van der Waals surface area contributed by atoms with E-state index in [2.05, 4.69) is 17.1 Å². The van der Waals surface area contributed by atoms with Crippen LogP contribution in [0, 0.1) is 5.92 Å². The lowest BCUT2D eigenvalue weighted by Gasteiger charge is -2.47. The monoisotopic (exact) mass is 292 g/mol. The Bertz CT molecular complexity index is 375. The van der Waals surface area contributed by atoms with E-state index >= 15 is 0 Å². The van der Waals surface area contributed by atoms with Gasteiger partial charge in [-0.1, -0.05) is 19.3 Å². The summed E-state index contributed by atoms with van der Waals surface area (Å²) in [6, 6.07) is 0. The molecule has 4 aliphatic rings. The third kappa shape index (κ3) is 2.77. The molecule has 3 nitrogen and oxygen atoms in total. The van der Waals surface area contributed by atoms with Crippen LogP contribution in [0.3, 0.4) is 0 Å². The molecule has 1 spiro atoms. The molecule has 0 aromatic carbocycles. The maximum atomic E-state index is 6.62. The van der Waals surface area contributed by atoms with Crippen LogP contribution < -0.4 is 5.32 Å². The highest BCUT2D eigenvalue weighted by Gasteiger charge is 2.48. The summed E-state index contributed by atoms with van der Waals surface area (Å²) in [5.74, 6) is 0.926. The molecule has 4 rings (SSSR count). The second-order valence-electron chi connectivity index (χ2n) is 8.28. The predicted molar refractivity (Wildman–Crippen MR) is 85.5 cm³/mol. The molecule has 3 heteroatoms. The van der Waals surface area contributed by atoms with Gasteiger partial charge in [-0.3, -0.25) is 4.90 Å². The largest absolute Gasteiger partial charge is 0.370 e. The van der Waals surface area contributed by atoms with Gasteiger partial charge in [0.2, 0.25) is 0 Å². The average Bonchev–Trinajstić information content (AvgIpc) is 3.28. The van der Waals surface area contributed by atoms with E-state index in [4.69, 9.17) is 4.74 Å². The van der Waals surface area contributed by atoms with Crippen molar-refractivity contribution in [3.63, 3.8) is 0 Å². The fourth-order valence-electron chi connectivity index (χ4n) is 5.16. The quantitative estimate of drug-likeness (QED) is 0.865. The number of hydrogen-bond acceptors (Lipinski definition) is 3. The van der Waals surface area contributed by atoms with Crippen molar-refractivity contribution < 1.29 is 4.74 Å². The van der Waals surface area contributed by atoms with Crippen molar-refractivity contribution in [1.29, 1.82) is 0 Å². The molecule has 2 aliphatic heterocycles. The van der Waals surface area contributed by atoms with Gasteiger partial charge in [0.05, 0.1) is 11.7 Å². The van der Waals surface area contributed by atoms with Crippen LogP contribution in [0.15, 0.2) is 0 Å². The molecule has 2 saturated carbocycles. The summed E-state index contributed by atoms with van der Waals surface area (Å²) in [6.45, 7) is 7.20. The number of ether oxygens (including phenoxy) is 1. The Kier molecular flexibility index (Phi) is 3.79. The first kappa shape index (κ1) is 14.5. The molecule has 0 aromatic heterocycles. The second-order valence-corrected chi connectivity index (χ2v) is 8.28. The van der Waals surface area contributed by atoms with Crippen LogP contribution >= 0.6 is 0 Å². The van der Waals surface area contributed by atoms with Crippen LogP contribution in [0.1, 0.15) is 64.7 Å². The molecule has 0 amide bonds. The number of nitrogens with one attached hydrogen (secondary N) is 1. The third-order valence-electron chi connectivity index (χ3n) is 6.75. The zero-order chi connectivity index (χ0) is 14.3. The van der Waals surface area contributed by atoms with Crippen LogP contribution in [0.2, 0.25) is 0 Å². The van der Waals surface area contributed by atoms with Crippen molar-refractivity contribution >= 4 is 0 Å². The summed E-state index contributed by atoms with van der Waals surface area (Å²) >= 11 is 0. The van der Waals surface area contributed by atoms with Gasteiger partial charge >= 0.3 is 0 Å². The molecular weight excluding hydrogens is 260 g/mol. The van der Waals surface area contributed by atoms with Gasteiger partial charge in [0.1, 0.15) is 0 Å². The van der Waals surface area contributed by atoms with Crippen LogP contribution in [0.4, 0.5) is 0 Å². The normalized spacial score (nSPS) is 40.7. The fraction of sp³-hybridized carbons (Fsp3) is 1.00. The molecule has 0 bridgehead atoms. The molecular formula is C18H32N2O. The SMILES string of the molecule is CC1(C2CC2)CNCCN1CC1CCC2(CCCCC2)O1. The van der Waals surface area contributed by atoms with Gasteiger partial charge in [0.15, 0.2) is 0 Å². The minimum atomic E-state index is 0.285. The first-order valence-electron chi connectivity index (χ1n) is 9.34. The average molecular weight is 292 g/mol. The summed E-state index contributed by atoms with van der Waals surface area (Å²) in [4.78, 5) is 2.77. The lowest BCUT2D eigenvalue weighted by atomic mass is 9.83. The molecule has 4 fully saturated rings. The molecule has 2 heterocycles. The minimum absolute atomic E-state index is 0.285. The Morgan fingerprint density at radius 1 is 1.10 bits per heavy atom. The van der Waals surface area contributed by atoms with Crippen LogP contribution in [-0.4, -0.2) is 48.3 Å². The molecule has 0 aromatic rings. The number of nitrogens with zero attached hydrogens (tertiary/aromatic N) is 1. The van der Waals surface area contributed by atoms with Gasteiger partial charge in [-0.15, -0.1) is 0 Å². The number of hydrogen-bond donors (Lipinski definition) is 1. The van der Waals surface area contributed by atoms with Gasteiger partial charge in [0.25, 0.3) is 0 Å². The molecule has 120 valence electrons. The fourth-order valence-corrected chi connectivity index (χ4v) is 5.16. The summed E-state index contributed by atoms with van der Waals surface area (Å²) in [5.41, 5.74) is 0.677. The van der Waals surface area contributed by atoms with Crippen molar-refractivity contribution in [2.75, 3.05) is 26.2 Å². The summed E-state index contributed by atoms with van der Waals surface area (Å²) in [6.07, 6.45) is 12.8. The van der Waals surface area contributed by atoms with Gasteiger partial charge in [0, 0.05) is 31.7 Å². The molecule has 2 aliphatic carbocycles. The van der Waals surface area contributed by atoms with Crippen molar-refractivity contribution in [1.82, 2.24) is 10.2 Å². The Balaban J connectivity index is 1.39. The maximum absolute atomic E-state index is 6.62. The molecule has 1 N–H and O–H groups in total. The number of rotatable bonds is 3. The van der Waals surface area contributed by atoms with E-state index in [1.165, 1.54) is 77.4 Å². The first-order valence-corrected chi connectivity index (χ1v) is 9.34. The van der Waals surface area contributed by atoms with E-state index in [0.717, 1.165) is 12.5 Å². The van der Waals surface area contributed by atoms with Gasteiger partial charge in [-0.2, -0.15) is 0 Å². The first-order chi connectivity index (χ1) is 10.2. The minimum Gasteiger partial charge on any atom is -0.370 e. The Labute approximate surface area is 129 Å². The van der Waals surface area contributed by atoms with E-state index in [9.17, 15) is 0 Å². The van der Waals surface area contributed by atoms with Gasteiger partial charge in [-0.25, -0.2) is 0 Å². The highest BCUT2D eigenvalue weighted by Crippen LogP contribution is 2.45. The van der Waals surface area contributed by atoms with Crippen molar-refractivity contribution in [2.45, 2.75) is 82.0 Å².